The number of halogens is 2. The van der Waals surface area contributed by atoms with Gasteiger partial charge in [-0.2, -0.15) is 0 Å². The molecule has 13 heteroatoms. The molecule has 0 spiro atoms. The van der Waals surface area contributed by atoms with E-state index in [2.05, 4.69) is 36.1 Å². The molecular weight excluding hydrogens is 632 g/mol. The minimum absolute atomic E-state index is 0.0624. The van der Waals surface area contributed by atoms with Gasteiger partial charge < -0.3 is 15.0 Å². The number of esters is 1. The van der Waals surface area contributed by atoms with Crippen LogP contribution in [0.4, 0.5) is 11.5 Å². The molecule has 0 atom stereocenters. The summed E-state index contributed by atoms with van der Waals surface area (Å²) in [4.78, 5) is 23.8. The molecule has 0 bridgehead atoms. The normalized spacial score (nSPS) is 12.1. The van der Waals surface area contributed by atoms with Gasteiger partial charge in [0.2, 0.25) is 0 Å². The quantitative estimate of drug-likeness (QED) is 0.226. The number of fused-ring (bicyclic) bond motifs is 1. The van der Waals surface area contributed by atoms with Gasteiger partial charge in [-0.3, -0.25) is 13.7 Å². The summed E-state index contributed by atoms with van der Waals surface area (Å²) in [6.45, 7) is 6.25. The first-order chi connectivity index (χ1) is 19.2. The molecule has 2 heterocycles. The predicted molar refractivity (Wildman–Crippen MR) is 165 cm³/mol. The van der Waals surface area contributed by atoms with Gasteiger partial charge in [0.25, 0.3) is 10.0 Å². The van der Waals surface area contributed by atoms with Crippen molar-refractivity contribution in [3.05, 3.63) is 70.6 Å². The smallest absolute Gasteiger partial charge is 0.327 e. The number of aromatic nitrogens is 3. The van der Waals surface area contributed by atoms with Crippen LogP contribution in [0.15, 0.2) is 70.4 Å². The van der Waals surface area contributed by atoms with Crippen molar-refractivity contribution >= 4 is 65.9 Å². The summed E-state index contributed by atoms with van der Waals surface area (Å²) in [6.07, 6.45) is 5.17. The van der Waals surface area contributed by atoms with E-state index in [1.165, 1.54) is 12.1 Å². The first-order valence-electron chi connectivity index (χ1n) is 12.8. The van der Waals surface area contributed by atoms with E-state index >= 15 is 0 Å². The number of carbonyl (C=O) groups excluding carboxylic acids is 1. The van der Waals surface area contributed by atoms with Crippen LogP contribution in [0.5, 0.6) is 0 Å². The molecular formula is C28H32BrClN6O4S. The van der Waals surface area contributed by atoms with Gasteiger partial charge in [0.1, 0.15) is 18.0 Å². The highest BCUT2D eigenvalue weighted by molar-refractivity contribution is 9.10. The number of rotatable bonds is 10. The van der Waals surface area contributed by atoms with Crippen LogP contribution in [0.25, 0.3) is 16.7 Å². The maximum Gasteiger partial charge on any atom is 0.327 e. The van der Waals surface area contributed by atoms with Crippen molar-refractivity contribution in [3.63, 3.8) is 0 Å². The van der Waals surface area contributed by atoms with E-state index in [1.54, 1.807) is 57.4 Å². The topological polar surface area (TPSA) is 110 Å². The zero-order chi connectivity index (χ0) is 29.9. The molecule has 4 rings (SSSR count). The van der Waals surface area contributed by atoms with Crippen molar-refractivity contribution < 1.29 is 17.9 Å². The minimum Gasteiger partial charge on any atom is -0.459 e. The predicted octanol–water partition coefficient (Wildman–Crippen LogP) is 5.35. The molecule has 41 heavy (non-hydrogen) atoms. The van der Waals surface area contributed by atoms with Crippen molar-refractivity contribution in [1.82, 2.24) is 19.4 Å². The van der Waals surface area contributed by atoms with Gasteiger partial charge in [0.15, 0.2) is 5.82 Å². The van der Waals surface area contributed by atoms with Crippen LogP contribution < -0.4 is 9.62 Å². The zero-order valence-corrected chi connectivity index (χ0v) is 26.6. The van der Waals surface area contributed by atoms with E-state index < -0.39 is 28.1 Å². The van der Waals surface area contributed by atoms with E-state index in [0.29, 0.717) is 21.8 Å². The van der Waals surface area contributed by atoms with Crippen molar-refractivity contribution in [2.24, 2.45) is 0 Å². The van der Waals surface area contributed by atoms with Gasteiger partial charge in [-0.15, -0.1) is 0 Å². The Morgan fingerprint density at radius 3 is 2.49 bits per heavy atom. The molecule has 1 N–H and O–H groups in total. The minimum atomic E-state index is -4.20. The highest BCUT2D eigenvalue weighted by Gasteiger charge is 2.30. The second kappa shape index (κ2) is 12.4. The summed E-state index contributed by atoms with van der Waals surface area (Å²) in [6, 6.07) is 11.3. The molecule has 4 aromatic rings. The van der Waals surface area contributed by atoms with Crippen molar-refractivity contribution in [2.75, 3.05) is 43.4 Å². The monoisotopic (exact) mass is 662 g/mol. The molecule has 2 aromatic carbocycles. The van der Waals surface area contributed by atoms with E-state index in [0.717, 1.165) is 28.3 Å². The van der Waals surface area contributed by atoms with Crippen LogP contribution in [-0.2, 0) is 19.6 Å². The number of nitrogens with one attached hydrogen (secondary N) is 1. The summed E-state index contributed by atoms with van der Waals surface area (Å²) in [7, 11) is -0.200. The number of sulfonamides is 1. The van der Waals surface area contributed by atoms with E-state index in [9.17, 15) is 13.2 Å². The van der Waals surface area contributed by atoms with Gasteiger partial charge in [0.05, 0.1) is 28.5 Å². The molecule has 0 aliphatic rings. The number of hydrogen-bond acceptors (Lipinski definition) is 8. The average Bonchev–Trinajstić information content (AvgIpc) is 3.29. The number of anilines is 2. The molecule has 0 saturated heterocycles. The van der Waals surface area contributed by atoms with Crippen molar-refractivity contribution in [3.8, 4) is 5.82 Å². The van der Waals surface area contributed by atoms with Crippen LogP contribution in [0.3, 0.4) is 0 Å². The molecule has 0 saturated carbocycles. The molecule has 0 aliphatic heterocycles. The van der Waals surface area contributed by atoms with Crippen LogP contribution in [0.2, 0.25) is 5.02 Å². The third-order valence-corrected chi connectivity index (χ3v) is 8.26. The fraction of sp³-hybridized carbons (Fsp3) is 0.321. The fourth-order valence-electron chi connectivity index (χ4n) is 4.04. The molecule has 218 valence electrons. The van der Waals surface area contributed by atoms with E-state index in [1.807, 2.05) is 30.9 Å². The van der Waals surface area contributed by atoms with Crippen molar-refractivity contribution in [1.29, 1.82) is 0 Å². The lowest BCUT2D eigenvalue weighted by molar-refractivity contribution is -0.152. The average molecular weight is 664 g/mol. The van der Waals surface area contributed by atoms with Crippen LogP contribution in [0.1, 0.15) is 20.8 Å². The van der Waals surface area contributed by atoms with Crippen LogP contribution in [-0.4, -0.2) is 73.2 Å². The number of nitrogens with zero attached hydrogens (tertiary/aromatic N) is 5. The second-order valence-electron chi connectivity index (χ2n) is 10.6. The number of benzene rings is 2. The van der Waals surface area contributed by atoms with Crippen LogP contribution >= 0.6 is 27.5 Å². The number of likely N-dealkylation sites (N-methyl/N-ethyl adjacent to an activating group) is 1. The lowest BCUT2D eigenvalue weighted by Gasteiger charge is -2.26. The van der Waals surface area contributed by atoms with Gasteiger partial charge in [-0.25, -0.2) is 18.4 Å². The SMILES string of the molecule is CN(C)CCNc1cnc(-n2ccc3cc(N(CC(=O)OC(C)(C)C)S(=O)(=O)c4cc(Cl)cc(Br)c4)ccc32)cn1. The number of ether oxygens (including phenoxy) is 1. The van der Waals surface area contributed by atoms with Gasteiger partial charge >= 0.3 is 5.97 Å². The Bertz CT molecular complexity index is 1630. The molecule has 0 radical (unpaired) electrons. The lowest BCUT2D eigenvalue weighted by Crippen LogP contribution is -2.39. The largest absolute Gasteiger partial charge is 0.459 e. The Morgan fingerprint density at radius 1 is 1.10 bits per heavy atom. The fourth-order valence-corrected chi connectivity index (χ4v) is 6.59. The summed E-state index contributed by atoms with van der Waals surface area (Å²) in [5.74, 6) is 0.590. The molecule has 2 aromatic heterocycles. The summed E-state index contributed by atoms with van der Waals surface area (Å²) >= 11 is 9.46. The molecule has 0 unspecified atom stereocenters. The van der Waals surface area contributed by atoms with Gasteiger partial charge in [0, 0.05) is 34.2 Å². The van der Waals surface area contributed by atoms with Crippen LogP contribution in [0, 0.1) is 0 Å². The summed E-state index contributed by atoms with van der Waals surface area (Å²) in [5, 5.41) is 4.22. The Morgan fingerprint density at radius 2 is 1.85 bits per heavy atom. The third-order valence-electron chi connectivity index (χ3n) is 5.83. The van der Waals surface area contributed by atoms with Crippen molar-refractivity contribution in [2.45, 2.75) is 31.3 Å². The number of hydrogen-bond donors (Lipinski definition) is 1. The molecule has 10 nitrogen and oxygen atoms in total. The standard InChI is InChI=1S/C28H32BrClN6O4S/c1-28(2,3)40-27(37)18-36(41(38,39)23-14-20(29)13-21(30)15-23)22-6-7-24-19(12-22)8-10-35(24)26-17-32-25(16-33-26)31-9-11-34(4)5/h6-8,10,12-17H,9,11,18H2,1-5H3,(H,31,32). The third kappa shape index (κ3) is 7.76. The summed E-state index contributed by atoms with van der Waals surface area (Å²) < 4.78 is 36.5. The first kappa shape index (κ1) is 30.8. The zero-order valence-electron chi connectivity index (χ0n) is 23.4. The highest BCUT2D eigenvalue weighted by Crippen LogP contribution is 2.31. The molecule has 0 aliphatic carbocycles. The Labute approximate surface area is 253 Å². The molecule has 0 amide bonds. The van der Waals surface area contributed by atoms with E-state index in [4.69, 9.17) is 16.3 Å². The Balaban J connectivity index is 1.68. The number of carbonyl (C=O) groups is 1. The van der Waals surface area contributed by atoms with Gasteiger partial charge in [-0.05, 0) is 77.3 Å². The van der Waals surface area contributed by atoms with E-state index in [-0.39, 0.29) is 9.92 Å². The maximum absolute atomic E-state index is 13.9. The second-order valence-corrected chi connectivity index (χ2v) is 13.8. The highest BCUT2D eigenvalue weighted by atomic mass is 79.9. The first-order valence-corrected chi connectivity index (χ1v) is 15.4. The lowest BCUT2D eigenvalue weighted by atomic mass is 10.2. The Hall–Kier alpha value is -3.19. The Kier molecular flexibility index (Phi) is 9.27. The summed E-state index contributed by atoms with van der Waals surface area (Å²) in [5.41, 5.74) is 0.297. The maximum atomic E-state index is 13.9. The molecule has 0 fully saturated rings. The van der Waals surface area contributed by atoms with Gasteiger partial charge in [-0.1, -0.05) is 27.5 Å².